The van der Waals surface area contributed by atoms with Gasteiger partial charge in [0.2, 0.25) is 5.91 Å². The van der Waals surface area contributed by atoms with Crippen LogP contribution in [0.1, 0.15) is 56.3 Å². The van der Waals surface area contributed by atoms with Crippen LogP contribution in [0.3, 0.4) is 0 Å². The summed E-state index contributed by atoms with van der Waals surface area (Å²) in [7, 11) is 1.58. The minimum Gasteiger partial charge on any atom is -0.345 e. The summed E-state index contributed by atoms with van der Waals surface area (Å²) in [6, 6.07) is 2.82. The maximum atomic E-state index is 12.3. The summed E-state index contributed by atoms with van der Waals surface area (Å²) in [5.74, 6) is -0.278. The predicted molar refractivity (Wildman–Crippen MR) is 101 cm³/mol. The van der Waals surface area contributed by atoms with Crippen LogP contribution in [0.25, 0.3) is 0 Å². The van der Waals surface area contributed by atoms with Gasteiger partial charge in [0.15, 0.2) is 0 Å². The van der Waals surface area contributed by atoms with Crippen LogP contribution in [-0.4, -0.2) is 56.8 Å². The van der Waals surface area contributed by atoms with E-state index in [4.69, 9.17) is 0 Å². The van der Waals surface area contributed by atoms with Gasteiger partial charge in [0.05, 0.1) is 24.5 Å². The Balaban J connectivity index is 1.34. The molecule has 27 heavy (non-hydrogen) atoms. The average Bonchev–Trinajstić information content (AvgIpc) is 3.11. The van der Waals surface area contributed by atoms with E-state index < -0.39 is 0 Å². The van der Waals surface area contributed by atoms with Crippen molar-refractivity contribution in [3.63, 3.8) is 0 Å². The molecule has 0 aromatic carbocycles. The number of carbonyl (C=O) groups is 2. The van der Waals surface area contributed by atoms with Crippen LogP contribution < -0.4 is 5.32 Å². The maximum absolute atomic E-state index is 12.3. The topological polar surface area (TPSA) is 82.8 Å². The summed E-state index contributed by atoms with van der Waals surface area (Å²) in [6.45, 7) is 3.31. The lowest BCUT2D eigenvalue weighted by molar-refractivity contribution is -0.130. The van der Waals surface area contributed by atoms with E-state index in [9.17, 15) is 9.59 Å². The molecule has 1 aromatic rings. The van der Waals surface area contributed by atoms with Gasteiger partial charge in [-0.15, -0.1) is 0 Å². The molecule has 0 bridgehead atoms. The fraction of sp³-hybridized carbons (Fsp3) is 0.684. The predicted octanol–water partition coefficient (Wildman–Crippen LogP) is 1.26. The Kier molecular flexibility index (Phi) is 5.24. The lowest BCUT2D eigenvalue weighted by Crippen LogP contribution is -2.42. The van der Waals surface area contributed by atoms with Crippen molar-refractivity contribution in [1.82, 2.24) is 25.0 Å². The summed E-state index contributed by atoms with van der Waals surface area (Å²) < 4.78 is 2.07. The van der Waals surface area contributed by atoms with E-state index in [0.29, 0.717) is 25.1 Å². The number of carbonyl (C=O) groups excluding carboxylic acids is 2. The van der Waals surface area contributed by atoms with Crippen molar-refractivity contribution in [3.8, 4) is 0 Å². The Morgan fingerprint density at radius 3 is 2.81 bits per heavy atom. The lowest BCUT2D eigenvalue weighted by atomic mass is 9.94. The molecule has 4 rings (SSSR count). The first-order chi connectivity index (χ1) is 13.1. The number of amides is 2. The van der Waals surface area contributed by atoms with Gasteiger partial charge in [0, 0.05) is 39.0 Å². The van der Waals surface area contributed by atoms with Crippen LogP contribution in [0.5, 0.6) is 0 Å². The van der Waals surface area contributed by atoms with Crippen molar-refractivity contribution in [2.45, 2.75) is 70.6 Å². The van der Waals surface area contributed by atoms with Crippen LogP contribution in [0.4, 0.5) is 0 Å². The number of rotatable bonds is 4. The highest BCUT2D eigenvalue weighted by Crippen LogP contribution is 2.26. The Bertz CT molecular complexity index is 749. The van der Waals surface area contributed by atoms with Crippen LogP contribution in [0.15, 0.2) is 11.2 Å². The average molecular weight is 372 g/mol. The molecule has 8 heteroatoms. The van der Waals surface area contributed by atoms with E-state index in [1.165, 1.54) is 42.8 Å². The first-order valence-electron chi connectivity index (χ1n) is 10.0. The number of hydrogen-bond acceptors (Lipinski definition) is 5. The van der Waals surface area contributed by atoms with E-state index in [1.54, 1.807) is 7.05 Å². The van der Waals surface area contributed by atoms with Gasteiger partial charge in [-0.2, -0.15) is 10.2 Å². The molecule has 1 N–H and O–H groups in total. The highest BCUT2D eigenvalue weighted by molar-refractivity contribution is 6.39. The van der Waals surface area contributed by atoms with Gasteiger partial charge in [-0.05, 0) is 18.9 Å². The van der Waals surface area contributed by atoms with E-state index in [1.807, 2.05) is 0 Å². The Labute approximate surface area is 159 Å². The molecule has 2 aliphatic heterocycles. The van der Waals surface area contributed by atoms with Crippen molar-refractivity contribution in [2.75, 3.05) is 13.6 Å². The monoisotopic (exact) mass is 372 g/mol. The Hall–Kier alpha value is -2.22. The molecule has 1 aromatic heterocycles. The van der Waals surface area contributed by atoms with Gasteiger partial charge in [-0.1, -0.05) is 19.3 Å². The molecule has 0 saturated heterocycles. The summed E-state index contributed by atoms with van der Waals surface area (Å²) in [5, 5.41) is 12.8. The van der Waals surface area contributed by atoms with E-state index in [2.05, 4.69) is 31.2 Å². The lowest BCUT2D eigenvalue weighted by Gasteiger charge is -2.36. The smallest absolute Gasteiger partial charge is 0.267 e. The highest BCUT2D eigenvalue weighted by Gasteiger charge is 2.26. The molecule has 1 aliphatic carbocycles. The SMILES string of the molecule is CN1N=C(C(=O)NCc2cc3n(n2)CCN(C2CCCCC2)C3)CCC1=O. The highest BCUT2D eigenvalue weighted by atomic mass is 16.2. The van der Waals surface area contributed by atoms with Crippen LogP contribution in [0, 0.1) is 0 Å². The zero-order valence-electron chi connectivity index (χ0n) is 16.0. The van der Waals surface area contributed by atoms with Crippen LogP contribution >= 0.6 is 0 Å². The standard InChI is InChI=1S/C19H28N6O2/c1-23-18(26)8-7-17(22-23)19(27)20-12-14-11-16-13-24(9-10-25(16)21-14)15-5-3-2-4-6-15/h11,15H,2-10,12-13H2,1H3,(H,20,27). The molecule has 3 aliphatic rings. The molecule has 1 saturated carbocycles. The second-order valence-corrected chi connectivity index (χ2v) is 7.76. The van der Waals surface area contributed by atoms with Crippen molar-refractivity contribution >= 4 is 17.5 Å². The van der Waals surface area contributed by atoms with Gasteiger partial charge in [0.1, 0.15) is 5.71 Å². The number of hydrogen-bond donors (Lipinski definition) is 1. The molecule has 0 unspecified atom stereocenters. The minimum absolute atomic E-state index is 0.0594. The normalized spacial score (nSPS) is 21.7. The van der Waals surface area contributed by atoms with E-state index in [-0.39, 0.29) is 11.8 Å². The largest absolute Gasteiger partial charge is 0.345 e. The molecule has 3 heterocycles. The molecule has 0 spiro atoms. The zero-order valence-corrected chi connectivity index (χ0v) is 16.0. The third-order valence-corrected chi connectivity index (χ3v) is 5.87. The van der Waals surface area contributed by atoms with Gasteiger partial charge in [0.25, 0.3) is 5.91 Å². The molecule has 0 radical (unpaired) electrons. The van der Waals surface area contributed by atoms with Crippen molar-refractivity contribution in [3.05, 3.63) is 17.5 Å². The Morgan fingerprint density at radius 1 is 1.22 bits per heavy atom. The van der Waals surface area contributed by atoms with Gasteiger partial charge in [-0.25, -0.2) is 5.01 Å². The summed E-state index contributed by atoms with van der Waals surface area (Å²) in [6.07, 6.45) is 7.43. The first kappa shape index (κ1) is 18.2. The summed E-state index contributed by atoms with van der Waals surface area (Å²) in [4.78, 5) is 26.4. The van der Waals surface area contributed by atoms with Crippen molar-refractivity contribution in [2.24, 2.45) is 5.10 Å². The quantitative estimate of drug-likeness (QED) is 0.862. The molecule has 8 nitrogen and oxygen atoms in total. The zero-order chi connectivity index (χ0) is 18.8. The number of nitrogens with zero attached hydrogens (tertiary/aromatic N) is 5. The van der Waals surface area contributed by atoms with Crippen LogP contribution in [0.2, 0.25) is 0 Å². The maximum Gasteiger partial charge on any atom is 0.267 e. The minimum atomic E-state index is -0.218. The van der Waals surface area contributed by atoms with Gasteiger partial charge < -0.3 is 5.32 Å². The van der Waals surface area contributed by atoms with Gasteiger partial charge >= 0.3 is 0 Å². The molecular weight excluding hydrogens is 344 g/mol. The second-order valence-electron chi connectivity index (χ2n) is 7.76. The van der Waals surface area contributed by atoms with E-state index in [0.717, 1.165) is 31.4 Å². The van der Waals surface area contributed by atoms with Crippen molar-refractivity contribution in [1.29, 1.82) is 0 Å². The number of fused-ring (bicyclic) bond motifs is 1. The van der Waals surface area contributed by atoms with Gasteiger partial charge in [-0.3, -0.25) is 19.2 Å². The molecule has 1 fully saturated rings. The van der Waals surface area contributed by atoms with Crippen molar-refractivity contribution < 1.29 is 9.59 Å². The Morgan fingerprint density at radius 2 is 2.04 bits per heavy atom. The second kappa shape index (κ2) is 7.80. The summed E-state index contributed by atoms with van der Waals surface area (Å²) in [5.41, 5.74) is 2.52. The number of aromatic nitrogens is 2. The first-order valence-corrected chi connectivity index (χ1v) is 10.0. The fourth-order valence-electron chi connectivity index (χ4n) is 4.30. The third kappa shape index (κ3) is 4.05. The molecule has 2 amide bonds. The molecular formula is C19H28N6O2. The molecule has 0 atom stereocenters. The number of hydrazone groups is 1. The summed E-state index contributed by atoms with van der Waals surface area (Å²) >= 11 is 0. The van der Waals surface area contributed by atoms with Crippen LogP contribution in [-0.2, 0) is 29.2 Å². The fourth-order valence-corrected chi connectivity index (χ4v) is 4.30. The third-order valence-electron chi connectivity index (χ3n) is 5.87. The van der Waals surface area contributed by atoms with E-state index >= 15 is 0 Å². The molecule has 146 valence electrons. The number of nitrogens with one attached hydrogen (secondary N) is 1.